The Morgan fingerprint density at radius 2 is 2.06 bits per heavy atom. The third kappa shape index (κ3) is 4.49. The fraction of sp³-hybridized carbons (Fsp3) is 0.435. The number of hydrogen-bond acceptors (Lipinski definition) is 6. The predicted molar refractivity (Wildman–Crippen MR) is 116 cm³/mol. The minimum Gasteiger partial charge on any atom is -0.496 e. The first kappa shape index (κ1) is 21.1. The molecule has 0 unspecified atom stereocenters. The summed E-state index contributed by atoms with van der Waals surface area (Å²) in [4.78, 5) is 15.0. The van der Waals surface area contributed by atoms with Crippen LogP contribution in [0.2, 0.25) is 0 Å². The summed E-state index contributed by atoms with van der Waals surface area (Å²) in [7, 11) is 1.70. The van der Waals surface area contributed by atoms with Gasteiger partial charge in [-0.2, -0.15) is 0 Å². The molecule has 8 heteroatoms. The first-order valence-corrected chi connectivity index (χ1v) is 10.6. The molecular formula is C23H29N5O3. The van der Waals surface area contributed by atoms with E-state index in [0.29, 0.717) is 11.3 Å². The van der Waals surface area contributed by atoms with Crippen molar-refractivity contribution in [1.82, 2.24) is 25.0 Å². The fourth-order valence-electron chi connectivity index (χ4n) is 4.12. The van der Waals surface area contributed by atoms with Gasteiger partial charge >= 0.3 is 0 Å². The number of hydrogen-bond donors (Lipinski definition) is 1. The molecule has 0 aliphatic carbocycles. The van der Waals surface area contributed by atoms with Crippen molar-refractivity contribution >= 4 is 5.91 Å². The topological polar surface area (TPSA) is 85.4 Å². The van der Waals surface area contributed by atoms with E-state index in [1.807, 2.05) is 13.0 Å². The second-order valence-electron chi connectivity index (χ2n) is 8.04. The Morgan fingerprint density at radius 3 is 2.77 bits per heavy atom. The number of ether oxygens (including phenoxy) is 1. The van der Waals surface area contributed by atoms with Crippen LogP contribution in [0.1, 0.15) is 51.9 Å². The lowest BCUT2D eigenvalue weighted by Gasteiger charge is -2.20. The van der Waals surface area contributed by atoms with Crippen molar-refractivity contribution in [2.24, 2.45) is 0 Å². The lowest BCUT2D eigenvalue weighted by molar-refractivity contribution is 0.0936. The summed E-state index contributed by atoms with van der Waals surface area (Å²) in [6.07, 6.45) is 2.35. The van der Waals surface area contributed by atoms with E-state index in [-0.39, 0.29) is 11.9 Å². The van der Waals surface area contributed by atoms with Gasteiger partial charge in [0.1, 0.15) is 17.3 Å². The second-order valence-corrected chi connectivity index (χ2v) is 8.04. The number of aromatic nitrogens is 3. The van der Waals surface area contributed by atoms with Gasteiger partial charge in [-0.15, -0.1) is 10.2 Å². The Hall–Kier alpha value is -3.13. The largest absolute Gasteiger partial charge is 0.496 e. The summed E-state index contributed by atoms with van der Waals surface area (Å²) in [6.45, 7) is 9.26. The van der Waals surface area contributed by atoms with Crippen LogP contribution in [0.4, 0.5) is 0 Å². The van der Waals surface area contributed by atoms with E-state index in [4.69, 9.17) is 9.15 Å². The number of rotatable bonds is 6. The van der Waals surface area contributed by atoms with Gasteiger partial charge in [0.15, 0.2) is 5.82 Å². The number of furan rings is 1. The summed E-state index contributed by atoms with van der Waals surface area (Å²) < 4.78 is 12.8. The van der Waals surface area contributed by atoms with Gasteiger partial charge in [-0.25, -0.2) is 0 Å². The van der Waals surface area contributed by atoms with Crippen LogP contribution in [0.25, 0.3) is 0 Å². The van der Waals surface area contributed by atoms with E-state index in [2.05, 4.69) is 44.0 Å². The summed E-state index contributed by atoms with van der Waals surface area (Å²) >= 11 is 0. The molecule has 3 heterocycles. The van der Waals surface area contributed by atoms with E-state index >= 15 is 0 Å². The van der Waals surface area contributed by atoms with Gasteiger partial charge < -0.3 is 19.0 Å². The van der Waals surface area contributed by atoms with Crippen LogP contribution < -0.4 is 10.1 Å². The molecule has 0 fully saturated rings. The molecular weight excluding hydrogens is 394 g/mol. The number of methoxy groups -OCH3 is 1. The monoisotopic (exact) mass is 423 g/mol. The van der Waals surface area contributed by atoms with Gasteiger partial charge in [-0.3, -0.25) is 9.69 Å². The minimum atomic E-state index is -0.251. The highest BCUT2D eigenvalue weighted by molar-refractivity contribution is 5.95. The maximum atomic E-state index is 12.6. The van der Waals surface area contributed by atoms with Crippen LogP contribution in [0.3, 0.4) is 0 Å². The quantitative estimate of drug-likeness (QED) is 0.656. The molecule has 8 nitrogen and oxygen atoms in total. The SMILES string of the molecule is COc1ccc(CN2CCc3nnc([C@@H](C)NC(=O)c4ccoc4C)n3CC2)cc1C. The molecule has 31 heavy (non-hydrogen) atoms. The molecule has 0 radical (unpaired) electrons. The normalized spacial score (nSPS) is 15.2. The maximum Gasteiger partial charge on any atom is 0.255 e. The van der Waals surface area contributed by atoms with Gasteiger partial charge in [0.05, 0.1) is 25.0 Å². The zero-order valence-electron chi connectivity index (χ0n) is 18.5. The molecule has 1 atom stereocenters. The number of benzene rings is 1. The van der Waals surface area contributed by atoms with Crippen molar-refractivity contribution in [3.63, 3.8) is 0 Å². The van der Waals surface area contributed by atoms with Crippen LogP contribution in [0.5, 0.6) is 5.75 Å². The highest BCUT2D eigenvalue weighted by atomic mass is 16.5. The molecule has 1 N–H and O–H groups in total. The average Bonchev–Trinajstić information content (AvgIpc) is 3.31. The summed E-state index contributed by atoms with van der Waals surface area (Å²) in [6, 6.07) is 7.77. The third-order valence-electron chi connectivity index (χ3n) is 5.85. The molecule has 4 rings (SSSR count). The smallest absolute Gasteiger partial charge is 0.255 e. The first-order valence-electron chi connectivity index (χ1n) is 10.6. The van der Waals surface area contributed by atoms with Gasteiger partial charge in [0, 0.05) is 32.6 Å². The molecule has 164 valence electrons. The number of aryl methyl sites for hydroxylation is 2. The molecule has 0 bridgehead atoms. The Morgan fingerprint density at radius 1 is 1.23 bits per heavy atom. The molecule has 0 saturated heterocycles. The average molecular weight is 424 g/mol. The van der Waals surface area contributed by atoms with Crippen LogP contribution in [0.15, 0.2) is 34.9 Å². The van der Waals surface area contributed by atoms with Crippen molar-refractivity contribution in [3.8, 4) is 5.75 Å². The standard InChI is InChI=1S/C23H29N5O3/c1-15-13-18(5-6-20(15)30-4)14-27-9-7-21-25-26-22(28(21)11-10-27)16(2)24-23(29)19-8-12-31-17(19)3/h5-6,8,12-13,16H,7,9-11,14H2,1-4H3,(H,24,29)/t16-/m1/s1. The van der Waals surface area contributed by atoms with Crippen LogP contribution in [-0.4, -0.2) is 45.8 Å². The molecule has 1 amide bonds. The molecule has 1 aromatic carbocycles. The summed E-state index contributed by atoms with van der Waals surface area (Å²) in [5.74, 6) is 3.10. The number of carbonyl (C=O) groups excluding carboxylic acids is 1. The molecule has 1 aliphatic heterocycles. The van der Waals surface area contributed by atoms with E-state index in [0.717, 1.165) is 55.6 Å². The number of amides is 1. The zero-order chi connectivity index (χ0) is 22.0. The highest BCUT2D eigenvalue weighted by Gasteiger charge is 2.24. The summed E-state index contributed by atoms with van der Waals surface area (Å²) in [5.41, 5.74) is 2.96. The van der Waals surface area contributed by atoms with Crippen molar-refractivity contribution in [2.75, 3.05) is 20.2 Å². The van der Waals surface area contributed by atoms with Crippen molar-refractivity contribution < 1.29 is 13.9 Å². The fourth-order valence-corrected chi connectivity index (χ4v) is 4.12. The van der Waals surface area contributed by atoms with E-state index < -0.39 is 0 Å². The lowest BCUT2D eigenvalue weighted by Crippen LogP contribution is -2.30. The maximum absolute atomic E-state index is 12.6. The number of fused-ring (bicyclic) bond motifs is 1. The van der Waals surface area contributed by atoms with Crippen LogP contribution in [-0.2, 0) is 19.5 Å². The van der Waals surface area contributed by atoms with E-state index in [1.54, 1.807) is 20.1 Å². The van der Waals surface area contributed by atoms with Crippen molar-refractivity contribution in [3.05, 3.63) is 64.6 Å². The Kier molecular flexibility index (Phi) is 6.08. The predicted octanol–water partition coefficient (Wildman–Crippen LogP) is 3.05. The Balaban J connectivity index is 1.42. The first-order chi connectivity index (χ1) is 15.0. The second kappa shape index (κ2) is 8.93. The molecule has 0 saturated carbocycles. The van der Waals surface area contributed by atoms with E-state index in [1.165, 1.54) is 11.8 Å². The number of nitrogens with zero attached hydrogens (tertiary/aromatic N) is 4. The van der Waals surface area contributed by atoms with E-state index in [9.17, 15) is 4.79 Å². The number of carbonyl (C=O) groups is 1. The zero-order valence-corrected chi connectivity index (χ0v) is 18.5. The van der Waals surface area contributed by atoms with Gasteiger partial charge in [0.25, 0.3) is 5.91 Å². The molecule has 3 aromatic rings. The van der Waals surface area contributed by atoms with Gasteiger partial charge in [0.2, 0.25) is 0 Å². The van der Waals surface area contributed by atoms with Crippen LogP contribution in [0, 0.1) is 13.8 Å². The number of nitrogens with one attached hydrogen (secondary N) is 1. The Labute approximate surface area is 182 Å². The lowest BCUT2D eigenvalue weighted by atomic mass is 10.1. The third-order valence-corrected chi connectivity index (χ3v) is 5.85. The van der Waals surface area contributed by atoms with Crippen molar-refractivity contribution in [2.45, 2.75) is 46.3 Å². The Bertz CT molecular complexity index is 1070. The molecule has 1 aliphatic rings. The summed E-state index contributed by atoms with van der Waals surface area (Å²) in [5, 5.41) is 11.8. The minimum absolute atomic E-state index is 0.166. The van der Waals surface area contributed by atoms with Gasteiger partial charge in [-0.05, 0) is 44.0 Å². The van der Waals surface area contributed by atoms with Crippen molar-refractivity contribution in [1.29, 1.82) is 0 Å². The van der Waals surface area contributed by atoms with Crippen LogP contribution >= 0.6 is 0 Å². The molecule has 2 aromatic heterocycles. The highest BCUT2D eigenvalue weighted by Crippen LogP contribution is 2.21. The molecule has 0 spiro atoms. The van der Waals surface area contributed by atoms with Gasteiger partial charge in [-0.1, -0.05) is 12.1 Å².